The Bertz CT molecular complexity index is 166. The maximum atomic E-state index is 11.1. The number of nitrogens with zero attached hydrogens (tertiary/aromatic N) is 1. The van der Waals surface area contributed by atoms with Gasteiger partial charge in [0.1, 0.15) is 5.78 Å². The Morgan fingerprint density at radius 3 is 2.91 bits per heavy atom. The van der Waals surface area contributed by atoms with Crippen molar-refractivity contribution in [2.45, 2.75) is 19.8 Å². The van der Waals surface area contributed by atoms with E-state index in [4.69, 9.17) is 0 Å². The quantitative estimate of drug-likeness (QED) is 0.558. The molecule has 0 aromatic rings. The largest absolute Gasteiger partial charge is 0.302 e. The minimum absolute atomic E-state index is 0.358. The molecule has 0 aromatic heterocycles. The van der Waals surface area contributed by atoms with Gasteiger partial charge in [0.25, 0.3) is 0 Å². The second-order valence-electron chi connectivity index (χ2n) is 3.96. The average Bonchev–Trinajstić information content (AvgIpc) is 2.30. The van der Waals surface area contributed by atoms with Crippen molar-refractivity contribution < 1.29 is 4.79 Å². The molecular formula is C9H15NO. The highest BCUT2D eigenvalue weighted by Crippen LogP contribution is 2.30. The molecule has 2 aliphatic rings. The van der Waals surface area contributed by atoms with E-state index in [-0.39, 0.29) is 0 Å². The number of fused-ring (bicyclic) bond motifs is 2. The number of ketones is 1. The zero-order valence-electron chi connectivity index (χ0n) is 7.05. The third-order valence-corrected chi connectivity index (χ3v) is 3.04. The molecule has 2 heteroatoms. The molecule has 2 fully saturated rings. The molecule has 0 saturated carbocycles. The van der Waals surface area contributed by atoms with Crippen LogP contribution in [0, 0.1) is 11.8 Å². The first-order valence-corrected chi connectivity index (χ1v) is 4.48. The summed E-state index contributed by atoms with van der Waals surface area (Å²) in [6, 6.07) is 0. The first-order chi connectivity index (χ1) is 5.25. The van der Waals surface area contributed by atoms with Gasteiger partial charge in [-0.15, -0.1) is 0 Å². The lowest BCUT2D eigenvalue weighted by atomic mass is 9.89. The van der Waals surface area contributed by atoms with Crippen molar-refractivity contribution in [3.63, 3.8) is 0 Å². The second kappa shape index (κ2) is 2.59. The van der Waals surface area contributed by atoms with E-state index < -0.39 is 0 Å². The highest BCUT2D eigenvalue weighted by atomic mass is 16.1. The van der Waals surface area contributed by atoms with Crippen molar-refractivity contribution in [3.8, 4) is 0 Å². The average molecular weight is 153 g/mol. The molecule has 1 unspecified atom stereocenters. The van der Waals surface area contributed by atoms with Gasteiger partial charge in [0.15, 0.2) is 0 Å². The summed E-state index contributed by atoms with van der Waals surface area (Å²) in [7, 11) is 0. The van der Waals surface area contributed by atoms with E-state index in [9.17, 15) is 4.79 Å². The van der Waals surface area contributed by atoms with E-state index >= 15 is 0 Å². The molecule has 0 N–H and O–H groups in total. The number of hydrogen-bond donors (Lipinski definition) is 0. The Kier molecular flexibility index (Phi) is 1.72. The van der Waals surface area contributed by atoms with E-state index in [1.54, 1.807) is 6.92 Å². The molecule has 2 rings (SSSR count). The van der Waals surface area contributed by atoms with E-state index in [0.29, 0.717) is 11.7 Å². The molecule has 2 bridgehead atoms. The molecule has 0 amide bonds. The smallest absolute Gasteiger partial charge is 0.134 e. The second-order valence-corrected chi connectivity index (χ2v) is 3.96. The van der Waals surface area contributed by atoms with Crippen LogP contribution in [0.3, 0.4) is 0 Å². The van der Waals surface area contributed by atoms with E-state index in [1.807, 2.05) is 0 Å². The Morgan fingerprint density at radius 2 is 2.27 bits per heavy atom. The van der Waals surface area contributed by atoms with Gasteiger partial charge in [0.2, 0.25) is 0 Å². The summed E-state index contributed by atoms with van der Waals surface area (Å²) in [5, 5.41) is 0. The standard InChI is InChI=1S/C9H15NO/c1-7(11)9-4-8-2-3-10(5-8)6-9/h8-9H,2-6H2,1H3/t8-,9-/m0/s1. The first kappa shape index (κ1) is 7.29. The highest BCUT2D eigenvalue weighted by Gasteiger charge is 2.33. The monoisotopic (exact) mass is 153 g/mol. The predicted octanol–water partition coefficient (Wildman–Crippen LogP) is 0.917. The number of hydrogen-bond acceptors (Lipinski definition) is 2. The van der Waals surface area contributed by atoms with Crippen LogP contribution in [0.2, 0.25) is 0 Å². The van der Waals surface area contributed by atoms with Crippen LogP contribution in [0.25, 0.3) is 0 Å². The molecule has 62 valence electrons. The summed E-state index contributed by atoms with van der Waals surface area (Å²) in [4.78, 5) is 13.5. The van der Waals surface area contributed by atoms with Crippen LogP contribution >= 0.6 is 0 Å². The molecule has 0 aliphatic carbocycles. The molecule has 2 aliphatic heterocycles. The molecule has 0 spiro atoms. The summed E-state index contributed by atoms with van der Waals surface area (Å²) < 4.78 is 0. The van der Waals surface area contributed by atoms with Crippen LogP contribution in [0.15, 0.2) is 0 Å². The number of piperidine rings is 1. The van der Waals surface area contributed by atoms with Gasteiger partial charge >= 0.3 is 0 Å². The van der Waals surface area contributed by atoms with Crippen LogP contribution in [0.5, 0.6) is 0 Å². The van der Waals surface area contributed by atoms with Crippen LogP contribution in [0.4, 0.5) is 0 Å². The molecule has 3 atom stereocenters. The van der Waals surface area contributed by atoms with E-state index in [1.165, 1.54) is 19.5 Å². The Morgan fingerprint density at radius 1 is 1.45 bits per heavy atom. The number of carbonyl (C=O) groups is 1. The van der Waals surface area contributed by atoms with Crippen molar-refractivity contribution >= 4 is 5.78 Å². The molecule has 2 heterocycles. The van der Waals surface area contributed by atoms with Crippen LogP contribution in [0.1, 0.15) is 19.8 Å². The molecule has 2 nitrogen and oxygen atoms in total. The lowest BCUT2D eigenvalue weighted by Gasteiger charge is -2.27. The van der Waals surface area contributed by atoms with Crippen molar-refractivity contribution in [2.75, 3.05) is 19.6 Å². The summed E-state index contributed by atoms with van der Waals surface area (Å²) in [5.41, 5.74) is 0. The fourth-order valence-electron chi connectivity index (χ4n) is 2.35. The van der Waals surface area contributed by atoms with Gasteiger partial charge < -0.3 is 4.90 Å². The lowest BCUT2D eigenvalue weighted by molar-refractivity contribution is -0.122. The Labute approximate surface area is 67.6 Å². The summed E-state index contributed by atoms with van der Waals surface area (Å²) in [6.07, 6.45) is 2.48. The van der Waals surface area contributed by atoms with Crippen LogP contribution < -0.4 is 0 Å². The Hall–Kier alpha value is -0.370. The Balaban J connectivity index is 2.02. The first-order valence-electron chi connectivity index (χ1n) is 4.48. The van der Waals surface area contributed by atoms with Crippen molar-refractivity contribution in [1.82, 2.24) is 4.90 Å². The van der Waals surface area contributed by atoms with Gasteiger partial charge in [0.05, 0.1) is 0 Å². The zero-order valence-corrected chi connectivity index (χ0v) is 7.05. The number of carbonyl (C=O) groups excluding carboxylic acids is 1. The third-order valence-electron chi connectivity index (χ3n) is 3.04. The van der Waals surface area contributed by atoms with Gasteiger partial charge in [-0.1, -0.05) is 0 Å². The van der Waals surface area contributed by atoms with Gasteiger partial charge in [-0.25, -0.2) is 0 Å². The summed E-state index contributed by atoms with van der Waals surface area (Å²) in [6.45, 7) is 5.25. The van der Waals surface area contributed by atoms with Crippen LogP contribution in [-0.2, 0) is 4.79 Å². The maximum absolute atomic E-state index is 11.1. The molecule has 0 aromatic carbocycles. The molecule has 0 radical (unpaired) electrons. The zero-order chi connectivity index (χ0) is 7.84. The van der Waals surface area contributed by atoms with Crippen molar-refractivity contribution in [2.24, 2.45) is 11.8 Å². The molecule has 11 heavy (non-hydrogen) atoms. The third kappa shape index (κ3) is 1.32. The maximum Gasteiger partial charge on any atom is 0.134 e. The van der Waals surface area contributed by atoms with Gasteiger partial charge in [-0.2, -0.15) is 0 Å². The van der Waals surface area contributed by atoms with Crippen molar-refractivity contribution in [1.29, 1.82) is 0 Å². The minimum atomic E-state index is 0.358. The fraction of sp³-hybridized carbons (Fsp3) is 0.889. The number of rotatable bonds is 1. The van der Waals surface area contributed by atoms with Gasteiger partial charge in [-0.3, -0.25) is 4.79 Å². The summed E-state index contributed by atoms with van der Waals surface area (Å²) >= 11 is 0. The van der Waals surface area contributed by atoms with Crippen molar-refractivity contribution in [3.05, 3.63) is 0 Å². The fourth-order valence-corrected chi connectivity index (χ4v) is 2.35. The SMILES string of the molecule is CC(=O)[C@H]1C[C@@H]2CCN(C2)C1. The lowest BCUT2D eigenvalue weighted by Crippen LogP contribution is -2.36. The van der Waals surface area contributed by atoms with Gasteiger partial charge in [0, 0.05) is 19.0 Å². The number of Topliss-reactive ketones (excluding diaryl/α,β-unsaturated/α-hetero) is 1. The highest BCUT2D eigenvalue weighted by molar-refractivity contribution is 5.78. The van der Waals surface area contributed by atoms with E-state index in [0.717, 1.165) is 18.9 Å². The summed E-state index contributed by atoms with van der Waals surface area (Å²) in [5.74, 6) is 1.58. The van der Waals surface area contributed by atoms with E-state index in [2.05, 4.69) is 4.90 Å². The van der Waals surface area contributed by atoms with Crippen LogP contribution in [-0.4, -0.2) is 30.3 Å². The predicted molar refractivity (Wildman–Crippen MR) is 43.3 cm³/mol. The molecular weight excluding hydrogens is 138 g/mol. The molecule has 2 saturated heterocycles. The van der Waals surface area contributed by atoms with Gasteiger partial charge in [-0.05, 0) is 32.2 Å². The topological polar surface area (TPSA) is 20.3 Å². The minimum Gasteiger partial charge on any atom is -0.302 e. The normalized spacial score (nSPS) is 42.5.